The second-order valence-electron chi connectivity index (χ2n) is 8.23. The molecule has 0 radical (unpaired) electrons. The Morgan fingerprint density at radius 1 is 1.17 bits per heavy atom. The standard InChI is InChI=1S/C23H25N3O2S2/c27-19(24-17-7-3-4-8-17)13-30-23-25-21(28)20-18(12-29-22(20)26-23)16-10-9-14-5-1-2-6-15(14)11-16/h9-12,17H,1-8,13H2,(H,24,27)(H,25,26,28). The third-order valence-corrected chi connectivity index (χ3v) is 7.89. The summed E-state index contributed by atoms with van der Waals surface area (Å²) in [6.45, 7) is 0. The van der Waals surface area contributed by atoms with Crippen LogP contribution >= 0.6 is 23.1 Å². The van der Waals surface area contributed by atoms with E-state index < -0.39 is 0 Å². The molecule has 156 valence electrons. The van der Waals surface area contributed by atoms with Crippen molar-refractivity contribution in [3.63, 3.8) is 0 Å². The number of aryl methyl sites for hydroxylation is 2. The maximum Gasteiger partial charge on any atom is 0.260 e. The van der Waals surface area contributed by atoms with Gasteiger partial charge in [-0.2, -0.15) is 0 Å². The lowest BCUT2D eigenvalue weighted by atomic mass is 9.89. The number of thiophene rings is 1. The van der Waals surface area contributed by atoms with E-state index in [9.17, 15) is 9.59 Å². The lowest BCUT2D eigenvalue weighted by Gasteiger charge is -2.16. The van der Waals surface area contributed by atoms with Gasteiger partial charge in [0.2, 0.25) is 5.91 Å². The third-order valence-electron chi connectivity index (χ3n) is 6.14. The second kappa shape index (κ2) is 8.55. The van der Waals surface area contributed by atoms with Gasteiger partial charge in [-0.05, 0) is 55.2 Å². The van der Waals surface area contributed by atoms with Gasteiger partial charge < -0.3 is 10.3 Å². The van der Waals surface area contributed by atoms with Crippen LogP contribution in [0.5, 0.6) is 0 Å². The number of hydrogen-bond acceptors (Lipinski definition) is 5. The first-order valence-corrected chi connectivity index (χ1v) is 12.6. The topological polar surface area (TPSA) is 74.8 Å². The number of nitrogens with one attached hydrogen (secondary N) is 2. The largest absolute Gasteiger partial charge is 0.353 e. The Morgan fingerprint density at radius 3 is 2.80 bits per heavy atom. The number of amides is 1. The van der Waals surface area contributed by atoms with Crippen molar-refractivity contribution in [2.75, 3.05) is 5.75 Å². The first-order valence-electron chi connectivity index (χ1n) is 10.7. The molecule has 7 heteroatoms. The van der Waals surface area contributed by atoms with Gasteiger partial charge in [-0.1, -0.05) is 42.8 Å². The Bertz CT molecular complexity index is 1150. The summed E-state index contributed by atoms with van der Waals surface area (Å²) in [4.78, 5) is 33.3. The van der Waals surface area contributed by atoms with E-state index in [1.165, 1.54) is 59.9 Å². The average Bonchev–Trinajstić information content (AvgIpc) is 3.42. The summed E-state index contributed by atoms with van der Waals surface area (Å²) >= 11 is 2.78. The highest BCUT2D eigenvalue weighted by Crippen LogP contribution is 2.34. The molecule has 5 rings (SSSR count). The van der Waals surface area contributed by atoms with Crippen molar-refractivity contribution in [3.05, 3.63) is 45.1 Å². The van der Waals surface area contributed by atoms with E-state index in [2.05, 4.69) is 33.5 Å². The Balaban J connectivity index is 1.36. The molecular formula is C23H25N3O2S2. The Morgan fingerprint density at radius 2 is 1.97 bits per heavy atom. The molecule has 0 unspecified atom stereocenters. The number of carbonyl (C=O) groups is 1. The molecule has 0 bridgehead atoms. The van der Waals surface area contributed by atoms with Crippen LogP contribution in [0.25, 0.3) is 21.3 Å². The first kappa shape index (κ1) is 19.8. The Kier molecular flexibility index (Phi) is 5.65. The van der Waals surface area contributed by atoms with E-state index in [0.29, 0.717) is 16.6 Å². The summed E-state index contributed by atoms with van der Waals surface area (Å²) in [6.07, 6.45) is 9.27. The van der Waals surface area contributed by atoms with Crippen LogP contribution < -0.4 is 10.9 Å². The number of aromatic nitrogens is 2. The van der Waals surface area contributed by atoms with E-state index in [-0.39, 0.29) is 17.2 Å². The lowest BCUT2D eigenvalue weighted by molar-refractivity contribution is -0.119. The van der Waals surface area contributed by atoms with Crippen LogP contribution in [0.1, 0.15) is 49.7 Å². The van der Waals surface area contributed by atoms with Crippen LogP contribution in [0.15, 0.2) is 33.5 Å². The summed E-state index contributed by atoms with van der Waals surface area (Å²) in [7, 11) is 0. The molecule has 2 aliphatic carbocycles. The van der Waals surface area contributed by atoms with Crippen molar-refractivity contribution in [1.82, 2.24) is 15.3 Å². The summed E-state index contributed by atoms with van der Waals surface area (Å²) in [5.74, 6) is 0.282. The van der Waals surface area contributed by atoms with Crippen molar-refractivity contribution in [3.8, 4) is 11.1 Å². The number of aromatic amines is 1. The zero-order valence-electron chi connectivity index (χ0n) is 16.8. The Hall–Kier alpha value is -2.12. The fraction of sp³-hybridized carbons (Fsp3) is 0.435. The van der Waals surface area contributed by atoms with Crippen molar-refractivity contribution in [2.24, 2.45) is 0 Å². The van der Waals surface area contributed by atoms with Crippen molar-refractivity contribution >= 4 is 39.2 Å². The molecule has 5 nitrogen and oxygen atoms in total. The number of thioether (sulfide) groups is 1. The monoisotopic (exact) mass is 439 g/mol. The zero-order valence-corrected chi connectivity index (χ0v) is 18.5. The molecule has 0 aliphatic heterocycles. The van der Waals surface area contributed by atoms with Gasteiger partial charge in [0.1, 0.15) is 4.83 Å². The van der Waals surface area contributed by atoms with Gasteiger partial charge in [-0.25, -0.2) is 4.98 Å². The first-order chi connectivity index (χ1) is 14.7. The van der Waals surface area contributed by atoms with Crippen LogP contribution in [0.2, 0.25) is 0 Å². The van der Waals surface area contributed by atoms with Gasteiger partial charge in [-0.3, -0.25) is 9.59 Å². The van der Waals surface area contributed by atoms with E-state index in [1.54, 1.807) is 0 Å². The normalized spacial score (nSPS) is 16.7. The van der Waals surface area contributed by atoms with E-state index in [1.807, 2.05) is 5.38 Å². The number of nitrogens with zero attached hydrogens (tertiary/aromatic N) is 1. The fourth-order valence-electron chi connectivity index (χ4n) is 4.58. The van der Waals surface area contributed by atoms with Crippen molar-refractivity contribution in [1.29, 1.82) is 0 Å². The fourth-order valence-corrected chi connectivity index (χ4v) is 6.26. The predicted molar refractivity (Wildman–Crippen MR) is 123 cm³/mol. The molecule has 1 saturated carbocycles. The van der Waals surface area contributed by atoms with Gasteiger partial charge in [0, 0.05) is 17.0 Å². The van der Waals surface area contributed by atoms with Crippen LogP contribution in [0.4, 0.5) is 0 Å². The second-order valence-corrected chi connectivity index (χ2v) is 10.1. The number of rotatable bonds is 5. The van der Waals surface area contributed by atoms with Crippen LogP contribution in [0, 0.1) is 0 Å². The predicted octanol–water partition coefficient (Wildman–Crippen LogP) is 4.68. The SMILES string of the molecule is O=C(CSc1nc2scc(-c3ccc4c(c3)CCCC4)c2c(=O)[nH]1)NC1CCCC1. The molecule has 1 fully saturated rings. The van der Waals surface area contributed by atoms with E-state index in [0.717, 1.165) is 41.6 Å². The quantitative estimate of drug-likeness (QED) is 0.447. The number of carbonyl (C=O) groups excluding carboxylic acids is 1. The maximum absolute atomic E-state index is 12.9. The third kappa shape index (κ3) is 4.05. The highest BCUT2D eigenvalue weighted by atomic mass is 32.2. The summed E-state index contributed by atoms with van der Waals surface area (Å²) in [5, 5.41) is 6.26. The molecule has 2 N–H and O–H groups in total. The molecule has 0 atom stereocenters. The molecular weight excluding hydrogens is 414 g/mol. The number of hydrogen-bond donors (Lipinski definition) is 2. The van der Waals surface area contributed by atoms with Gasteiger partial charge in [0.25, 0.3) is 5.56 Å². The maximum atomic E-state index is 12.9. The zero-order chi connectivity index (χ0) is 20.5. The average molecular weight is 440 g/mol. The number of fused-ring (bicyclic) bond motifs is 2. The van der Waals surface area contributed by atoms with Gasteiger partial charge in [-0.15, -0.1) is 11.3 Å². The van der Waals surface area contributed by atoms with Gasteiger partial charge in [0.05, 0.1) is 11.1 Å². The van der Waals surface area contributed by atoms with Crippen molar-refractivity contribution < 1.29 is 4.79 Å². The van der Waals surface area contributed by atoms with Gasteiger partial charge in [0.15, 0.2) is 5.16 Å². The van der Waals surface area contributed by atoms with E-state index in [4.69, 9.17) is 0 Å². The minimum absolute atomic E-state index is 0.00979. The molecule has 3 aromatic rings. The van der Waals surface area contributed by atoms with Crippen LogP contribution in [-0.4, -0.2) is 27.7 Å². The van der Waals surface area contributed by atoms with Crippen molar-refractivity contribution in [2.45, 2.75) is 62.6 Å². The number of H-pyrrole nitrogens is 1. The summed E-state index contributed by atoms with van der Waals surface area (Å²) in [5.41, 5.74) is 4.75. The molecule has 2 aliphatic rings. The molecule has 30 heavy (non-hydrogen) atoms. The Labute approximate surface area is 183 Å². The van der Waals surface area contributed by atoms with Gasteiger partial charge >= 0.3 is 0 Å². The highest BCUT2D eigenvalue weighted by Gasteiger charge is 2.19. The molecule has 0 saturated heterocycles. The van der Waals surface area contributed by atoms with Crippen LogP contribution in [-0.2, 0) is 17.6 Å². The minimum atomic E-state index is -0.132. The molecule has 1 aromatic carbocycles. The summed E-state index contributed by atoms with van der Waals surface area (Å²) < 4.78 is 0. The minimum Gasteiger partial charge on any atom is -0.353 e. The lowest BCUT2D eigenvalue weighted by Crippen LogP contribution is -2.33. The molecule has 2 aromatic heterocycles. The molecule has 0 spiro atoms. The van der Waals surface area contributed by atoms with Crippen LogP contribution in [0.3, 0.4) is 0 Å². The summed E-state index contributed by atoms with van der Waals surface area (Å²) in [6, 6.07) is 6.89. The number of benzene rings is 1. The van der Waals surface area contributed by atoms with E-state index >= 15 is 0 Å². The highest BCUT2D eigenvalue weighted by molar-refractivity contribution is 7.99. The smallest absolute Gasteiger partial charge is 0.260 e. The molecule has 2 heterocycles. The molecule has 1 amide bonds.